The van der Waals surface area contributed by atoms with Gasteiger partial charge in [-0.2, -0.15) is 0 Å². The molecule has 0 spiro atoms. The van der Waals surface area contributed by atoms with Crippen molar-refractivity contribution in [2.45, 2.75) is 12.5 Å². The second kappa shape index (κ2) is 5.16. The van der Waals surface area contributed by atoms with Gasteiger partial charge in [0, 0.05) is 18.1 Å². The summed E-state index contributed by atoms with van der Waals surface area (Å²) < 4.78 is 1.84. The highest BCUT2D eigenvalue weighted by molar-refractivity contribution is 7.99. The molecule has 0 bridgehead atoms. The van der Waals surface area contributed by atoms with Crippen molar-refractivity contribution in [3.8, 4) is 0 Å². The molecule has 3 heterocycles. The van der Waals surface area contributed by atoms with Crippen molar-refractivity contribution in [3.05, 3.63) is 36.3 Å². The molecule has 1 fully saturated rings. The van der Waals surface area contributed by atoms with Gasteiger partial charge in [-0.1, -0.05) is 6.07 Å². The third kappa shape index (κ3) is 2.36. The van der Waals surface area contributed by atoms with Crippen LogP contribution < -0.4 is 0 Å². The maximum Gasteiger partial charge on any atom is 0.327 e. The number of imidazole rings is 1. The van der Waals surface area contributed by atoms with Crippen LogP contribution in [0.1, 0.15) is 5.69 Å². The van der Waals surface area contributed by atoms with E-state index < -0.39 is 12.0 Å². The van der Waals surface area contributed by atoms with Gasteiger partial charge in [-0.3, -0.25) is 4.79 Å². The summed E-state index contributed by atoms with van der Waals surface area (Å²) in [5.74, 6) is -0.251. The van der Waals surface area contributed by atoms with E-state index >= 15 is 0 Å². The van der Waals surface area contributed by atoms with Crippen LogP contribution in [0.4, 0.5) is 0 Å². The maximum atomic E-state index is 12.2. The van der Waals surface area contributed by atoms with Crippen LogP contribution in [-0.2, 0) is 16.0 Å². The Morgan fingerprint density at radius 3 is 3.05 bits per heavy atom. The fourth-order valence-corrected chi connectivity index (χ4v) is 3.39. The first kappa shape index (κ1) is 13.0. The van der Waals surface area contributed by atoms with Gasteiger partial charge in [-0.25, -0.2) is 9.78 Å². The summed E-state index contributed by atoms with van der Waals surface area (Å²) in [5, 5.41) is 9.09. The van der Waals surface area contributed by atoms with Crippen LogP contribution in [0.2, 0.25) is 0 Å². The van der Waals surface area contributed by atoms with Gasteiger partial charge in [0.1, 0.15) is 11.7 Å². The Balaban J connectivity index is 1.76. The summed E-state index contributed by atoms with van der Waals surface area (Å²) in [6.07, 6.45) is 3.79. The zero-order valence-corrected chi connectivity index (χ0v) is 11.4. The average Bonchev–Trinajstić information content (AvgIpc) is 3.04. The summed E-state index contributed by atoms with van der Waals surface area (Å²) in [6.45, 7) is 0. The molecule has 1 amide bonds. The smallest absolute Gasteiger partial charge is 0.327 e. The Hall–Kier alpha value is -2.02. The first-order valence-corrected chi connectivity index (χ1v) is 7.33. The number of hydrogen-bond donors (Lipinski definition) is 1. The van der Waals surface area contributed by atoms with E-state index in [0.717, 1.165) is 5.65 Å². The number of carboxylic acid groups (broad SMARTS) is 1. The Labute approximate surface area is 119 Å². The number of rotatable bonds is 3. The molecule has 7 heteroatoms. The number of nitrogens with zero attached hydrogens (tertiary/aromatic N) is 3. The van der Waals surface area contributed by atoms with E-state index in [9.17, 15) is 9.59 Å². The molecule has 3 rings (SSSR count). The normalized spacial score (nSPS) is 18.6. The van der Waals surface area contributed by atoms with Gasteiger partial charge in [0.2, 0.25) is 5.91 Å². The maximum absolute atomic E-state index is 12.2. The van der Waals surface area contributed by atoms with Gasteiger partial charge in [0.15, 0.2) is 0 Å². The van der Waals surface area contributed by atoms with Gasteiger partial charge >= 0.3 is 5.97 Å². The minimum absolute atomic E-state index is 0.131. The summed E-state index contributed by atoms with van der Waals surface area (Å²) in [5.41, 5.74) is 1.43. The van der Waals surface area contributed by atoms with E-state index in [0.29, 0.717) is 17.3 Å². The van der Waals surface area contributed by atoms with Crippen molar-refractivity contribution in [1.82, 2.24) is 14.3 Å². The Morgan fingerprint density at radius 2 is 2.30 bits per heavy atom. The molecular formula is C13H13N3O3S. The van der Waals surface area contributed by atoms with E-state index in [1.54, 1.807) is 6.20 Å². The predicted octanol–water partition coefficient (Wildman–Crippen LogP) is 0.863. The average molecular weight is 291 g/mol. The van der Waals surface area contributed by atoms with Gasteiger partial charge in [0.05, 0.1) is 18.0 Å². The topological polar surface area (TPSA) is 74.9 Å². The molecular weight excluding hydrogens is 278 g/mol. The van der Waals surface area contributed by atoms with Crippen molar-refractivity contribution >= 4 is 29.3 Å². The standard InChI is InChI=1S/C13H13N3O3S/c17-12(16-8-20-7-10(16)13(18)19)5-9-6-15-4-2-1-3-11(15)14-9/h1-4,6,10H,5,7-8H2,(H,18,19). The number of pyridine rings is 1. The van der Waals surface area contributed by atoms with Crippen LogP contribution in [0.5, 0.6) is 0 Å². The van der Waals surface area contributed by atoms with Crippen LogP contribution in [0, 0.1) is 0 Å². The summed E-state index contributed by atoms with van der Waals surface area (Å²) in [6, 6.07) is 4.91. The van der Waals surface area contributed by atoms with Crippen LogP contribution >= 0.6 is 11.8 Å². The van der Waals surface area contributed by atoms with E-state index in [-0.39, 0.29) is 12.3 Å². The molecule has 1 aliphatic rings. The summed E-state index contributed by atoms with van der Waals surface area (Å²) >= 11 is 1.46. The molecule has 0 radical (unpaired) electrons. The minimum atomic E-state index is -0.946. The third-order valence-corrected chi connectivity index (χ3v) is 4.25. The molecule has 1 saturated heterocycles. The molecule has 1 unspecified atom stereocenters. The molecule has 2 aromatic heterocycles. The molecule has 6 nitrogen and oxygen atoms in total. The minimum Gasteiger partial charge on any atom is -0.480 e. The molecule has 2 aromatic rings. The molecule has 1 atom stereocenters. The van der Waals surface area contributed by atoms with E-state index in [2.05, 4.69) is 4.98 Å². The molecule has 0 aromatic carbocycles. The fourth-order valence-electron chi connectivity index (χ4n) is 2.22. The van der Waals surface area contributed by atoms with E-state index in [4.69, 9.17) is 5.11 Å². The van der Waals surface area contributed by atoms with Crippen LogP contribution in [0.3, 0.4) is 0 Å². The highest BCUT2D eigenvalue weighted by Gasteiger charge is 2.34. The Kier molecular flexibility index (Phi) is 3.35. The monoisotopic (exact) mass is 291 g/mol. The zero-order chi connectivity index (χ0) is 14.1. The quantitative estimate of drug-likeness (QED) is 0.908. The summed E-state index contributed by atoms with van der Waals surface area (Å²) in [4.78, 5) is 29.1. The van der Waals surface area contributed by atoms with Gasteiger partial charge in [-0.05, 0) is 12.1 Å². The van der Waals surface area contributed by atoms with Gasteiger partial charge in [-0.15, -0.1) is 11.8 Å². The lowest BCUT2D eigenvalue weighted by molar-refractivity contribution is -0.147. The van der Waals surface area contributed by atoms with Crippen molar-refractivity contribution in [1.29, 1.82) is 0 Å². The van der Waals surface area contributed by atoms with Crippen LogP contribution in [-0.4, -0.2) is 48.9 Å². The SMILES string of the molecule is O=C(O)C1CSCN1C(=O)Cc1cn2ccccc2n1. The van der Waals surface area contributed by atoms with Gasteiger partial charge < -0.3 is 14.4 Å². The number of carbonyl (C=O) groups is 2. The lowest BCUT2D eigenvalue weighted by atomic mass is 10.2. The van der Waals surface area contributed by atoms with Crippen molar-refractivity contribution < 1.29 is 14.7 Å². The van der Waals surface area contributed by atoms with Crippen molar-refractivity contribution in [2.75, 3.05) is 11.6 Å². The molecule has 0 aliphatic carbocycles. The molecule has 1 aliphatic heterocycles. The van der Waals surface area contributed by atoms with Crippen LogP contribution in [0.15, 0.2) is 30.6 Å². The number of thioether (sulfide) groups is 1. The largest absolute Gasteiger partial charge is 0.480 e. The zero-order valence-electron chi connectivity index (χ0n) is 10.6. The van der Waals surface area contributed by atoms with E-state index in [1.165, 1.54) is 16.7 Å². The number of hydrogen-bond acceptors (Lipinski definition) is 4. The lowest BCUT2D eigenvalue weighted by Crippen LogP contribution is -2.42. The fraction of sp³-hybridized carbons (Fsp3) is 0.308. The van der Waals surface area contributed by atoms with Crippen molar-refractivity contribution in [2.24, 2.45) is 0 Å². The first-order chi connectivity index (χ1) is 9.65. The number of carbonyl (C=O) groups excluding carboxylic acids is 1. The number of fused-ring (bicyclic) bond motifs is 1. The number of carboxylic acids is 1. The molecule has 0 saturated carbocycles. The highest BCUT2D eigenvalue weighted by atomic mass is 32.2. The second-order valence-electron chi connectivity index (χ2n) is 4.59. The highest BCUT2D eigenvalue weighted by Crippen LogP contribution is 2.22. The molecule has 104 valence electrons. The lowest BCUT2D eigenvalue weighted by Gasteiger charge is -2.19. The third-order valence-electron chi connectivity index (χ3n) is 3.23. The van der Waals surface area contributed by atoms with E-state index in [1.807, 2.05) is 28.8 Å². The van der Waals surface area contributed by atoms with Gasteiger partial charge in [0.25, 0.3) is 0 Å². The molecule has 20 heavy (non-hydrogen) atoms. The second-order valence-corrected chi connectivity index (χ2v) is 5.59. The predicted molar refractivity (Wildman–Crippen MR) is 74.5 cm³/mol. The number of aliphatic carboxylic acids is 1. The Bertz CT molecular complexity index is 637. The number of amides is 1. The summed E-state index contributed by atoms with van der Waals surface area (Å²) in [7, 11) is 0. The van der Waals surface area contributed by atoms with Crippen molar-refractivity contribution in [3.63, 3.8) is 0 Å². The van der Waals surface area contributed by atoms with Crippen LogP contribution in [0.25, 0.3) is 5.65 Å². The first-order valence-electron chi connectivity index (χ1n) is 6.18. The Morgan fingerprint density at radius 1 is 1.45 bits per heavy atom. The molecule has 1 N–H and O–H groups in total. The number of aromatic nitrogens is 2.